The average molecular weight is 340 g/mol. The molecule has 0 aliphatic carbocycles. The summed E-state index contributed by atoms with van der Waals surface area (Å²) in [6.07, 6.45) is 4.10. The van der Waals surface area contributed by atoms with E-state index in [1.165, 1.54) is 0 Å². The summed E-state index contributed by atoms with van der Waals surface area (Å²) in [5, 5.41) is 2.83. The second-order valence-electron chi connectivity index (χ2n) is 5.71. The van der Waals surface area contributed by atoms with E-state index in [0.717, 1.165) is 5.56 Å². The van der Waals surface area contributed by atoms with Gasteiger partial charge in [0.05, 0.1) is 12.2 Å². The quantitative estimate of drug-likeness (QED) is 0.719. The Morgan fingerprint density at radius 2 is 2.16 bits per heavy atom. The van der Waals surface area contributed by atoms with Gasteiger partial charge in [0, 0.05) is 24.1 Å². The SMILES string of the molecule is CCOC(=O)c1cccc(NC(=O)C2CC(c3cccnc3)NN2)c1. The molecule has 7 nitrogen and oxygen atoms in total. The number of esters is 1. The molecule has 1 aliphatic rings. The maximum absolute atomic E-state index is 12.5. The van der Waals surface area contributed by atoms with Crippen molar-refractivity contribution in [2.45, 2.75) is 25.4 Å². The van der Waals surface area contributed by atoms with E-state index in [2.05, 4.69) is 21.2 Å². The lowest BCUT2D eigenvalue weighted by molar-refractivity contribution is -0.117. The van der Waals surface area contributed by atoms with Gasteiger partial charge in [-0.05, 0) is 43.2 Å². The summed E-state index contributed by atoms with van der Waals surface area (Å²) in [5.41, 5.74) is 8.10. The number of hydrazine groups is 1. The summed E-state index contributed by atoms with van der Waals surface area (Å²) in [7, 11) is 0. The van der Waals surface area contributed by atoms with Crippen molar-refractivity contribution in [3.63, 3.8) is 0 Å². The maximum atomic E-state index is 12.5. The van der Waals surface area contributed by atoms with Crippen molar-refractivity contribution in [1.82, 2.24) is 15.8 Å². The first-order valence-corrected chi connectivity index (χ1v) is 8.16. The van der Waals surface area contributed by atoms with Crippen molar-refractivity contribution in [3.05, 3.63) is 59.9 Å². The van der Waals surface area contributed by atoms with Crippen LogP contribution in [0.5, 0.6) is 0 Å². The van der Waals surface area contributed by atoms with Crippen LogP contribution in [0, 0.1) is 0 Å². The Balaban J connectivity index is 1.61. The van der Waals surface area contributed by atoms with Crippen molar-refractivity contribution < 1.29 is 14.3 Å². The number of rotatable bonds is 5. The molecule has 1 saturated heterocycles. The molecule has 0 spiro atoms. The minimum Gasteiger partial charge on any atom is -0.462 e. The minimum atomic E-state index is -0.407. The Bertz CT molecular complexity index is 751. The second-order valence-corrected chi connectivity index (χ2v) is 5.71. The minimum absolute atomic E-state index is 0.0234. The van der Waals surface area contributed by atoms with Crippen molar-refractivity contribution >= 4 is 17.6 Å². The number of carbonyl (C=O) groups is 2. The third kappa shape index (κ3) is 4.20. The van der Waals surface area contributed by atoms with Crippen LogP contribution >= 0.6 is 0 Å². The molecule has 2 atom stereocenters. The summed E-state index contributed by atoms with van der Waals surface area (Å²) >= 11 is 0. The molecule has 2 unspecified atom stereocenters. The first-order chi connectivity index (χ1) is 12.2. The predicted octanol–water partition coefficient (Wildman–Crippen LogP) is 1.80. The number of amides is 1. The summed E-state index contributed by atoms with van der Waals surface area (Å²) in [5.74, 6) is -0.573. The van der Waals surface area contributed by atoms with Crippen LogP contribution in [0.15, 0.2) is 48.8 Å². The van der Waals surface area contributed by atoms with E-state index in [1.54, 1.807) is 43.6 Å². The Morgan fingerprint density at radius 1 is 1.28 bits per heavy atom. The molecular formula is C18H20N4O3. The van der Waals surface area contributed by atoms with Gasteiger partial charge in [-0.25, -0.2) is 15.6 Å². The number of carbonyl (C=O) groups excluding carboxylic acids is 2. The summed E-state index contributed by atoms with van der Waals surface area (Å²) in [6.45, 7) is 2.06. The number of benzene rings is 1. The van der Waals surface area contributed by atoms with Crippen LogP contribution in [0.4, 0.5) is 5.69 Å². The highest BCUT2D eigenvalue weighted by atomic mass is 16.5. The fourth-order valence-electron chi connectivity index (χ4n) is 2.70. The lowest BCUT2D eigenvalue weighted by Crippen LogP contribution is -2.39. The number of nitrogens with zero attached hydrogens (tertiary/aromatic N) is 1. The first-order valence-electron chi connectivity index (χ1n) is 8.16. The van der Waals surface area contributed by atoms with Gasteiger partial charge in [0.2, 0.25) is 5.91 Å². The normalized spacial score (nSPS) is 19.4. The fraction of sp³-hybridized carbons (Fsp3) is 0.278. The predicted molar refractivity (Wildman–Crippen MR) is 92.7 cm³/mol. The molecule has 1 aliphatic heterocycles. The van der Waals surface area contributed by atoms with E-state index in [-0.39, 0.29) is 18.0 Å². The molecule has 2 aromatic rings. The molecule has 25 heavy (non-hydrogen) atoms. The Kier molecular flexibility index (Phi) is 5.37. The van der Waals surface area contributed by atoms with Crippen molar-refractivity contribution in [2.24, 2.45) is 0 Å². The molecule has 130 valence electrons. The molecule has 1 amide bonds. The largest absolute Gasteiger partial charge is 0.462 e. The van der Waals surface area contributed by atoms with Crippen LogP contribution in [0.1, 0.15) is 35.3 Å². The van der Waals surface area contributed by atoms with Crippen LogP contribution in [-0.4, -0.2) is 29.5 Å². The number of hydrogen-bond acceptors (Lipinski definition) is 6. The third-order valence-corrected chi connectivity index (χ3v) is 3.95. The first kappa shape index (κ1) is 17.1. The smallest absolute Gasteiger partial charge is 0.338 e. The van der Waals surface area contributed by atoms with Crippen LogP contribution < -0.4 is 16.2 Å². The number of anilines is 1. The number of pyridine rings is 1. The van der Waals surface area contributed by atoms with E-state index < -0.39 is 5.97 Å². The van der Waals surface area contributed by atoms with Gasteiger partial charge in [0.1, 0.15) is 6.04 Å². The molecule has 0 radical (unpaired) electrons. The standard InChI is InChI=1S/C18H20N4O3/c1-2-25-18(24)12-5-3-7-14(9-12)20-17(23)16-10-15(21-22-16)13-6-4-8-19-11-13/h3-9,11,15-16,21-22H,2,10H2,1H3,(H,20,23). The zero-order valence-corrected chi connectivity index (χ0v) is 13.9. The Labute approximate surface area is 145 Å². The van der Waals surface area contributed by atoms with Gasteiger partial charge in [-0.15, -0.1) is 0 Å². The zero-order valence-electron chi connectivity index (χ0n) is 13.9. The average Bonchev–Trinajstić information content (AvgIpc) is 3.13. The van der Waals surface area contributed by atoms with E-state index in [4.69, 9.17) is 4.74 Å². The molecule has 0 bridgehead atoms. The topological polar surface area (TPSA) is 92.3 Å². The summed E-state index contributed by atoms with van der Waals surface area (Å²) < 4.78 is 4.97. The molecule has 3 N–H and O–H groups in total. The number of nitrogens with one attached hydrogen (secondary N) is 3. The number of ether oxygens (including phenoxy) is 1. The Morgan fingerprint density at radius 3 is 2.92 bits per heavy atom. The highest BCUT2D eigenvalue weighted by Crippen LogP contribution is 2.22. The van der Waals surface area contributed by atoms with Gasteiger partial charge >= 0.3 is 5.97 Å². The van der Waals surface area contributed by atoms with Crippen LogP contribution in [0.25, 0.3) is 0 Å². The van der Waals surface area contributed by atoms with Crippen molar-refractivity contribution in [1.29, 1.82) is 0 Å². The monoisotopic (exact) mass is 340 g/mol. The molecule has 1 fully saturated rings. The fourth-order valence-corrected chi connectivity index (χ4v) is 2.70. The molecule has 1 aromatic heterocycles. The van der Waals surface area contributed by atoms with Gasteiger partial charge in [-0.3, -0.25) is 9.78 Å². The highest BCUT2D eigenvalue weighted by molar-refractivity contribution is 5.97. The molecule has 1 aromatic carbocycles. The van der Waals surface area contributed by atoms with Gasteiger partial charge < -0.3 is 10.1 Å². The van der Waals surface area contributed by atoms with Crippen LogP contribution in [0.3, 0.4) is 0 Å². The molecular weight excluding hydrogens is 320 g/mol. The summed E-state index contributed by atoms with van der Waals surface area (Å²) in [4.78, 5) is 28.3. The lowest BCUT2D eigenvalue weighted by Gasteiger charge is -2.11. The lowest BCUT2D eigenvalue weighted by atomic mass is 10.0. The zero-order chi connectivity index (χ0) is 17.6. The van der Waals surface area contributed by atoms with E-state index >= 15 is 0 Å². The van der Waals surface area contributed by atoms with Crippen molar-refractivity contribution in [3.8, 4) is 0 Å². The highest BCUT2D eigenvalue weighted by Gasteiger charge is 2.30. The maximum Gasteiger partial charge on any atom is 0.338 e. The van der Waals surface area contributed by atoms with Crippen LogP contribution in [0.2, 0.25) is 0 Å². The third-order valence-electron chi connectivity index (χ3n) is 3.95. The molecule has 0 saturated carbocycles. The molecule has 7 heteroatoms. The van der Waals surface area contributed by atoms with Gasteiger partial charge in [-0.2, -0.15) is 0 Å². The van der Waals surface area contributed by atoms with Gasteiger partial charge in [-0.1, -0.05) is 12.1 Å². The second kappa shape index (κ2) is 7.87. The summed E-state index contributed by atoms with van der Waals surface area (Å²) in [6, 6.07) is 10.2. The van der Waals surface area contributed by atoms with Gasteiger partial charge in [0.15, 0.2) is 0 Å². The Hall–Kier alpha value is -2.77. The molecule has 2 heterocycles. The number of hydrogen-bond donors (Lipinski definition) is 3. The molecule has 3 rings (SSSR count). The van der Waals surface area contributed by atoms with E-state index in [9.17, 15) is 9.59 Å². The van der Waals surface area contributed by atoms with E-state index in [0.29, 0.717) is 24.3 Å². The van der Waals surface area contributed by atoms with Crippen LogP contribution in [-0.2, 0) is 9.53 Å². The van der Waals surface area contributed by atoms with Gasteiger partial charge in [0.25, 0.3) is 0 Å². The number of aromatic nitrogens is 1. The van der Waals surface area contributed by atoms with E-state index in [1.807, 2.05) is 12.1 Å². The van der Waals surface area contributed by atoms with Crippen molar-refractivity contribution in [2.75, 3.05) is 11.9 Å².